The van der Waals surface area contributed by atoms with E-state index in [0.717, 1.165) is 17.4 Å². The van der Waals surface area contributed by atoms with Crippen molar-refractivity contribution in [3.8, 4) is 11.1 Å². The van der Waals surface area contributed by atoms with Gasteiger partial charge in [0.25, 0.3) is 5.91 Å². The van der Waals surface area contributed by atoms with Crippen LogP contribution in [0, 0.1) is 0 Å². The van der Waals surface area contributed by atoms with Gasteiger partial charge in [0, 0.05) is 19.2 Å². The Hall–Kier alpha value is -3.21. The predicted octanol–water partition coefficient (Wildman–Crippen LogP) is 2.63. The molecule has 0 saturated heterocycles. The number of carbonyl (C=O) groups excluding carboxylic acids is 2. The molecule has 8 nitrogen and oxygen atoms in total. The van der Waals surface area contributed by atoms with Gasteiger partial charge in [-0.2, -0.15) is 11.3 Å². The van der Waals surface area contributed by atoms with Gasteiger partial charge in [0.05, 0.1) is 23.5 Å². The molecule has 0 spiro atoms. The Balaban J connectivity index is 1.77. The van der Waals surface area contributed by atoms with E-state index < -0.39 is 15.9 Å². The molecule has 1 atom stereocenters. The van der Waals surface area contributed by atoms with E-state index >= 15 is 0 Å². The van der Waals surface area contributed by atoms with Crippen LogP contribution in [0.3, 0.4) is 0 Å². The number of carbonyl (C=O) groups is 2. The van der Waals surface area contributed by atoms with Gasteiger partial charge in [-0.25, -0.2) is 13.1 Å². The van der Waals surface area contributed by atoms with Crippen molar-refractivity contribution in [3.63, 3.8) is 0 Å². The van der Waals surface area contributed by atoms with Crippen LogP contribution in [0.25, 0.3) is 11.1 Å². The van der Waals surface area contributed by atoms with Crippen LogP contribution in [-0.2, 0) is 14.8 Å². The number of likely N-dealkylation sites (N-methyl/N-ethyl adjacent to an activating group) is 1. The fourth-order valence-corrected chi connectivity index (χ4v) is 4.24. The van der Waals surface area contributed by atoms with Gasteiger partial charge in [0.2, 0.25) is 15.9 Å². The molecule has 3 aromatic rings. The molecule has 0 aliphatic rings. The smallest absolute Gasteiger partial charge is 0.255 e. The molecule has 10 heteroatoms. The SMILES string of the molecule is CNC(=O)C(CNS(C)(=O)=O)c1ccc(C(=O)Nc2cc(-c3ccsc3)ccc2N)cc1. The number of rotatable bonds is 8. The summed E-state index contributed by atoms with van der Waals surface area (Å²) < 4.78 is 25.2. The number of nitrogens with two attached hydrogens (primary N) is 1. The predicted molar refractivity (Wildman–Crippen MR) is 128 cm³/mol. The molecule has 0 aliphatic heterocycles. The molecule has 0 radical (unpaired) electrons. The number of anilines is 2. The molecule has 2 amide bonds. The van der Waals surface area contributed by atoms with Gasteiger partial charge in [-0.05, 0) is 57.8 Å². The summed E-state index contributed by atoms with van der Waals surface area (Å²) in [5.74, 6) is -1.42. The molecular formula is C22H24N4O4S2. The lowest BCUT2D eigenvalue weighted by Crippen LogP contribution is -2.35. The molecule has 0 aliphatic carbocycles. The molecular weight excluding hydrogens is 448 g/mol. The van der Waals surface area contributed by atoms with Crippen molar-refractivity contribution >= 4 is 44.5 Å². The molecule has 2 aromatic carbocycles. The molecule has 168 valence electrons. The third-order valence-corrected chi connectivity index (χ3v) is 6.22. The maximum absolute atomic E-state index is 12.8. The van der Waals surface area contributed by atoms with Crippen molar-refractivity contribution in [1.29, 1.82) is 0 Å². The zero-order valence-corrected chi connectivity index (χ0v) is 19.2. The minimum Gasteiger partial charge on any atom is -0.397 e. The Morgan fingerprint density at radius 3 is 2.38 bits per heavy atom. The number of hydrogen-bond acceptors (Lipinski definition) is 6. The summed E-state index contributed by atoms with van der Waals surface area (Å²) in [5.41, 5.74) is 9.92. The van der Waals surface area contributed by atoms with E-state index in [1.54, 1.807) is 41.7 Å². The van der Waals surface area contributed by atoms with Crippen molar-refractivity contribution in [2.24, 2.45) is 0 Å². The first-order valence-corrected chi connectivity index (χ1v) is 12.5. The quantitative estimate of drug-likeness (QED) is 0.375. The van der Waals surface area contributed by atoms with E-state index in [4.69, 9.17) is 5.73 Å². The van der Waals surface area contributed by atoms with E-state index in [2.05, 4.69) is 15.4 Å². The van der Waals surface area contributed by atoms with E-state index in [1.165, 1.54) is 7.05 Å². The summed E-state index contributed by atoms with van der Waals surface area (Å²) in [6.45, 7) is -0.0873. The standard InChI is InChI=1S/C22H24N4O4S2/c1-24-22(28)18(12-25-32(2,29)30)14-3-5-15(6-4-14)21(27)26-20-11-16(7-8-19(20)23)17-9-10-31-13-17/h3-11,13,18,25H,12,23H2,1-2H3,(H,24,28)(H,26,27). The minimum absolute atomic E-state index is 0.0873. The Labute approximate surface area is 190 Å². The van der Waals surface area contributed by atoms with Gasteiger partial charge in [0.15, 0.2) is 0 Å². The number of amides is 2. The Kier molecular flexibility index (Phi) is 7.29. The largest absolute Gasteiger partial charge is 0.397 e. The van der Waals surface area contributed by atoms with Gasteiger partial charge in [0.1, 0.15) is 0 Å². The Bertz CT molecular complexity index is 1210. The van der Waals surface area contributed by atoms with Crippen LogP contribution in [0.5, 0.6) is 0 Å². The van der Waals surface area contributed by atoms with Crippen molar-refractivity contribution < 1.29 is 18.0 Å². The zero-order valence-electron chi connectivity index (χ0n) is 17.6. The molecule has 0 saturated carbocycles. The number of nitrogen functional groups attached to an aromatic ring is 1. The molecule has 1 heterocycles. The van der Waals surface area contributed by atoms with E-state index in [9.17, 15) is 18.0 Å². The van der Waals surface area contributed by atoms with Crippen molar-refractivity contribution in [3.05, 3.63) is 70.4 Å². The van der Waals surface area contributed by atoms with Gasteiger partial charge in [-0.3, -0.25) is 9.59 Å². The lowest BCUT2D eigenvalue weighted by atomic mass is 9.97. The molecule has 3 rings (SSSR count). The fourth-order valence-electron chi connectivity index (χ4n) is 3.10. The summed E-state index contributed by atoms with van der Waals surface area (Å²) in [7, 11) is -1.98. The average Bonchev–Trinajstić information content (AvgIpc) is 3.29. The lowest BCUT2D eigenvalue weighted by Gasteiger charge is -2.16. The third-order valence-electron chi connectivity index (χ3n) is 4.84. The summed E-state index contributed by atoms with van der Waals surface area (Å²) in [6.07, 6.45) is 1.03. The first kappa shape index (κ1) is 23.5. The van der Waals surface area contributed by atoms with Crippen LogP contribution in [0.15, 0.2) is 59.3 Å². The number of thiophene rings is 1. The maximum atomic E-state index is 12.8. The second-order valence-corrected chi connectivity index (χ2v) is 9.79. The fraction of sp³-hybridized carbons (Fsp3) is 0.182. The third kappa shape index (κ3) is 5.94. The van der Waals surface area contributed by atoms with Crippen LogP contribution >= 0.6 is 11.3 Å². The van der Waals surface area contributed by atoms with Crippen LogP contribution in [-0.4, -0.2) is 40.1 Å². The van der Waals surface area contributed by atoms with Gasteiger partial charge < -0.3 is 16.4 Å². The van der Waals surface area contributed by atoms with E-state index in [0.29, 0.717) is 22.5 Å². The second kappa shape index (κ2) is 9.94. The first-order valence-electron chi connectivity index (χ1n) is 9.67. The van der Waals surface area contributed by atoms with Gasteiger partial charge >= 0.3 is 0 Å². The molecule has 5 N–H and O–H groups in total. The number of nitrogens with one attached hydrogen (secondary N) is 3. The van der Waals surface area contributed by atoms with Crippen molar-refractivity contribution in [2.75, 3.05) is 30.9 Å². The van der Waals surface area contributed by atoms with Crippen LogP contribution < -0.4 is 21.1 Å². The summed E-state index contributed by atoms with van der Waals surface area (Å²) >= 11 is 1.58. The molecule has 1 unspecified atom stereocenters. The van der Waals surface area contributed by atoms with E-state index in [1.807, 2.05) is 29.0 Å². The first-order chi connectivity index (χ1) is 15.2. The van der Waals surface area contributed by atoms with Crippen molar-refractivity contribution in [2.45, 2.75) is 5.92 Å². The van der Waals surface area contributed by atoms with Gasteiger partial charge in [-0.1, -0.05) is 18.2 Å². The number of hydrogen-bond donors (Lipinski definition) is 4. The highest BCUT2D eigenvalue weighted by atomic mass is 32.2. The van der Waals surface area contributed by atoms with Crippen LogP contribution in [0.2, 0.25) is 0 Å². The minimum atomic E-state index is -3.45. The van der Waals surface area contributed by atoms with Crippen LogP contribution in [0.4, 0.5) is 11.4 Å². The number of sulfonamides is 1. The van der Waals surface area contributed by atoms with Crippen molar-refractivity contribution in [1.82, 2.24) is 10.0 Å². The molecule has 0 fully saturated rings. The highest BCUT2D eigenvalue weighted by Crippen LogP contribution is 2.29. The maximum Gasteiger partial charge on any atom is 0.255 e. The molecule has 32 heavy (non-hydrogen) atoms. The summed E-state index contributed by atoms with van der Waals surface area (Å²) in [4.78, 5) is 25.0. The normalized spacial score (nSPS) is 12.2. The molecule has 0 bridgehead atoms. The monoisotopic (exact) mass is 472 g/mol. The average molecular weight is 473 g/mol. The second-order valence-electron chi connectivity index (χ2n) is 7.18. The van der Waals surface area contributed by atoms with Crippen LogP contribution in [0.1, 0.15) is 21.8 Å². The number of benzene rings is 2. The van der Waals surface area contributed by atoms with Gasteiger partial charge in [-0.15, -0.1) is 0 Å². The Morgan fingerprint density at radius 2 is 1.78 bits per heavy atom. The highest BCUT2D eigenvalue weighted by molar-refractivity contribution is 7.88. The Morgan fingerprint density at radius 1 is 1.06 bits per heavy atom. The molecule has 1 aromatic heterocycles. The lowest BCUT2D eigenvalue weighted by molar-refractivity contribution is -0.121. The zero-order chi connectivity index (χ0) is 23.3. The summed E-state index contributed by atoms with van der Waals surface area (Å²) in [5, 5.41) is 9.34. The highest BCUT2D eigenvalue weighted by Gasteiger charge is 2.21. The topological polar surface area (TPSA) is 130 Å². The summed E-state index contributed by atoms with van der Waals surface area (Å²) in [6, 6.07) is 13.9. The van der Waals surface area contributed by atoms with E-state index in [-0.39, 0.29) is 18.4 Å².